The first-order valence-electron chi connectivity index (χ1n) is 6.55. The zero-order valence-electron chi connectivity index (χ0n) is 11.5. The molecule has 2 rings (SSSR count). The third kappa shape index (κ3) is 2.51. The van der Waals surface area contributed by atoms with Crippen LogP contribution in [0.2, 0.25) is 5.02 Å². The number of para-hydroxylation sites is 1. The van der Waals surface area contributed by atoms with Crippen molar-refractivity contribution >= 4 is 11.6 Å². The number of rotatable bonds is 4. The van der Waals surface area contributed by atoms with Gasteiger partial charge in [-0.05, 0) is 31.4 Å². The lowest BCUT2D eigenvalue weighted by Crippen LogP contribution is -2.13. The van der Waals surface area contributed by atoms with Gasteiger partial charge in [0.2, 0.25) is 0 Å². The van der Waals surface area contributed by atoms with Crippen LogP contribution in [0.5, 0.6) is 0 Å². The predicted octanol–water partition coefficient (Wildman–Crippen LogP) is 3.20. The molecule has 0 aliphatic heterocycles. The van der Waals surface area contributed by atoms with Crippen LogP contribution in [0.1, 0.15) is 43.3 Å². The van der Waals surface area contributed by atoms with Crippen molar-refractivity contribution in [3.05, 3.63) is 40.2 Å². The summed E-state index contributed by atoms with van der Waals surface area (Å²) in [5, 5.41) is 9.17. The minimum atomic E-state index is -0.0773. The van der Waals surface area contributed by atoms with Crippen molar-refractivity contribution in [3.63, 3.8) is 0 Å². The highest BCUT2D eigenvalue weighted by Crippen LogP contribution is 2.27. The van der Waals surface area contributed by atoms with Crippen molar-refractivity contribution < 1.29 is 0 Å². The molecule has 2 N–H and O–H groups in total. The SMILES string of the molecule is CCc1c(C(N)CC)nnn1-c1c(C)cccc1Cl. The number of nitrogens with zero attached hydrogens (tertiary/aromatic N) is 3. The Morgan fingerprint density at radius 2 is 2.11 bits per heavy atom. The van der Waals surface area contributed by atoms with E-state index in [4.69, 9.17) is 17.3 Å². The monoisotopic (exact) mass is 278 g/mol. The molecule has 0 aliphatic carbocycles. The van der Waals surface area contributed by atoms with Gasteiger partial charge in [0, 0.05) is 0 Å². The second-order valence-corrected chi connectivity index (χ2v) is 5.01. The van der Waals surface area contributed by atoms with E-state index in [9.17, 15) is 0 Å². The Balaban J connectivity index is 2.60. The van der Waals surface area contributed by atoms with Crippen molar-refractivity contribution in [3.8, 4) is 5.69 Å². The minimum Gasteiger partial charge on any atom is -0.323 e. The third-order valence-electron chi connectivity index (χ3n) is 3.32. The molecule has 0 radical (unpaired) electrons. The molecule has 1 aromatic heterocycles. The summed E-state index contributed by atoms with van der Waals surface area (Å²) in [6.07, 6.45) is 1.66. The molecule has 1 atom stereocenters. The van der Waals surface area contributed by atoms with Crippen LogP contribution >= 0.6 is 11.6 Å². The molecule has 0 spiro atoms. The number of hydrogen-bond donors (Lipinski definition) is 1. The Bertz CT molecular complexity index is 557. The van der Waals surface area contributed by atoms with E-state index in [-0.39, 0.29) is 6.04 Å². The van der Waals surface area contributed by atoms with Crippen LogP contribution in [-0.4, -0.2) is 15.0 Å². The molecule has 19 heavy (non-hydrogen) atoms. The zero-order chi connectivity index (χ0) is 14.0. The van der Waals surface area contributed by atoms with Crippen molar-refractivity contribution in [2.24, 2.45) is 5.73 Å². The summed E-state index contributed by atoms with van der Waals surface area (Å²) in [5.74, 6) is 0. The maximum atomic E-state index is 6.30. The smallest absolute Gasteiger partial charge is 0.103 e. The van der Waals surface area contributed by atoms with E-state index < -0.39 is 0 Å². The van der Waals surface area contributed by atoms with Crippen LogP contribution in [0.3, 0.4) is 0 Å². The van der Waals surface area contributed by atoms with Gasteiger partial charge in [-0.1, -0.05) is 42.8 Å². The van der Waals surface area contributed by atoms with Crippen LogP contribution in [0.25, 0.3) is 5.69 Å². The minimum absolute atomic E-state index is 0.0773. The van der Waals surface area contributed by atoms with Gasteiger partial charge < -0.3 is 5.73 Å². The summed E-state index contributed by atoms with van der Waals surface area (Å²) < 4.78 is 1.82. The van der Waals surface area contributed by atoms with E-state index >= 15 is 0 Å². The molecular formula is C14H19ClN4. The van der Waals surface area contributed by atoms with Gasteiger partial charge in [-0.2, -0.15) is 0 Å². The summed E-state index contributed by atoms with van der Waals surface area (Å²) in [5.41, 5.74) is 9.95. The first-order valence-corrected chi connectivity index (χ1v) is 6.93. The lowest BCUT2D eigenvalue weighted by atomic mass is 10.1. The number of nitrogens with two attached hydrogens (primary N) is 1. The molecule has 102 valence electrons. The average Bonchev–Trinajstić information content (AvgIpc) is 2.81. The summed E-state index contributed by atoms with van der Waals surface area (Å²) in [6.45, 7) is 6.14. The number of benzene rings is 1. The van der Waals surface area contributed by atoms with E-state index in [1.807, 2.05) is 36.7 Å². The maximum Gasteiger partial charge on any atom is 0.103 e. The zero-order valence-corrected chi connectivity index (χ0v) is 12.3. The van der Waals surface area contributed by atoms with Crippen LogP contribution in [-0.2, 0) is 6.42 Å². The highest BCUT2D eigenvalue weighted by atomic mass is 35.5. The molecule has 1 heterocycles. The molecule has 2 aromatic rings. The Labute approximate surface area is 118 Å². The lowest BCUT2D eigenvalue weighted by Gasteiger charge is -2.12. The van der Waals surface area contributed by atoms with Gasteiger partial charge in [-0.3, -0.25) is 0 Å². The van der Waals surface area contributed by atoms with Gasteiger partial charge in [0.1, 0.15) is 5.69 Å². The Morgan fingerprint density at radius 3 is 2.68 bits per heavy atom. The van der Waals surface area contributed by atoms with Crippen LogP contribution < -0.4 is 5.73 Å². The first kappa shape index (κ1) is 14.0. The van der Waals surface area contributed by atoms with Gasteiger partial charge in [0.15, 0.2) is 0 Å². The number of halogens is 1. The number of aromatic nitrogens is 3. The Hall–Kier alpha value is -1.39. The summed E-state index contributed by atoms with van der Waals surface area (Å²) in [4.78, 5) is 0. The summed E-state index contributed by atoms with van der Waals surface area (Å²) in [7, 11) is 0. The Morgan fingerprint density at radius 1 is 1.37 bits per heavy atom. The molecule has 0 amide bonds. The van der Waals surface area contributed by atoms with Gasteiger partial charge in [-0.15, -0.1) is 5.10 Å². The van der Waals surface area contributed by atoms with Gasteiger partial charge >= 0.3 is 0 Å². The molecule has 5 heteroatoms. The third-order valence-corrected chi connectivity index (χ3v) is 3.62. The molecular weight excluding hydrogens is 260 g/mol. The van der Waals surface area contributed by atoms with E-state index in [0.29, 0.717) is 5.02 Å². The molecule has 0 fully saturated rings. The Kier molecular flexibility index (Phi) is 4.22. The van der Waals surface area contributed by atoms with Crippen LogP contribution in [0, 0.1) is 6.92 Å². The molecule has 0 saturated carbocycles. The van der Waals surface area contributed by atoms with Crippen molar-refractivity contribution in [2.75, 3.05) is 0 Å². The molecule has 0 saturated heterocycles. The highest BCUT2D eigenvalue weighted by Gasteiger charge is 2.19. The number of hydrogen-bond acceptors (Lipinski definition) is 3. The van der Waals surface area contributed by atoms with Crippen molar-refractivity contribution in [2.45, 2.75) is 39.7 Å². The average molecular weight is 279 g/mol. The van der Waals surface area contributed by atoms with Gasteiger partial charge in [-0.25, -0.2) is 4.68 Å². The van der Waals surface area contributed by atoms with E-state index in [1.54, 1.807) is 0 Å². The van der Waals surface area contributed by atoms with E-state index in [0.717, 1.165) is 35.5 Å². The molecule has 0 bridgehead atoms. The second-order valence-electron chi connectivity index (χ2n) is 4.61. The van der Waals surface area contributed by atoms with Crippen LogP contribution in [0.15, 0.2) is 18.2 Å². The summed E-state index contributed by atoms with van der Waals surface area (Å²) in [6, 6.07) is 5.74. The number of aryl methyl sites for hydroxylation is 1. The van der Waals surface area contributed by atoms with E-state index in [2.05, 4.69) is 17.2 Å². The maximum absolute atomic E-state index is 6.30. The topological polar surface area (TPSA) is 56.7 Å². The predicted molar refractivity (Wildman–Crippen MR) is 77.7 cm³/mol. The normalized spacial score (nSPS) is 12.7. The van der Waals surface area contributed by atoms with Crippen LogP contribution in [0.4, 0.5) is 0 Å². The summed E-state index contributed by atoms with van der Waals surface area (Å²) >= 11 is 6.30. The van der Waals surface area contributed by atoms with E-state index in [1.165, 1.54) is 0 Å². The second kappa shape index (κ2) is 5.72. The standard InChI is InChI=1S/C14H19ClN4/c1-4-11(16)13-12(5-2)19(18-17-13)14-9(3)7-6-8-10(14)15/h6-8,11H,4-5,16H2,1-3H3. The molecule has 4 nitrogen and oxygen atoms in total. The van der Waals surface area contributed by atoms with Gasteiger partial charge in [0.25, 0.3) is 0 Å². The van der Waals surface area contributed by atoms with Crippen molar-refractivity contribution in [1.29, 1.82) is 0 Å². The fraction of sp³-hybridized carbons (Fsp3) is 0.429. The quantitative estimate of drug-likeness (QED) is 0.934. The first-order chi connectivity index (χ1) is 9.10. The van der Waals surface area contributed by atoms with Gasteiger partial charge in [0.05, 0.1) is 22.4 Å². The lowest BCUT2D eigenvalue weighted by molar-refractivity contribution is 0.665. The highest BCUT2D eigenvalue weighted by molar-refractivity contribution is 6.32. The largest absolute Gasteiger partial charge is 0.323 e. The van der Waals surface area contributed by atoms with Crippen molar-refractivity contribution in [1.82, 2.24) is 15.0 Å². The molecule has 1 unspecified atom stereocenters. The molecule has 1 aromatic carbocycles. The fourth-order valence-electron chi connectivity index (χ4n) is 2.20. The fourth-order valence-corrected chi connectivity index (χ4v) is 2.50. The molecule has 0 aliphatic rings.